The molecule has 0 aliphatic carbocycles. The molecule has 2 atom stereocenters. The Morgan fingerprint density at radius 2 is 2.40 bits per heavy atom. The van der Waals surface area contributed by atoms with E-state index in [1.165, 1.54) is 0 Å². The topological polar surface area (TPSA) is 47.0 Å². The number of ether oxygens (including phenoxy) is 1. The van der Waals surface area contributed by atoms with E-state index in [-0.39, 0.29) is 17.8 Å². The summed E-state index contributed by atoms with van der Waals surface area (Å²) < 4.78 is 7.60. The minimum absolute atomic E-state index is 0.150. The molecule has 1 unspecified atom stereocenters. The van der Waals surface area contributed by atoms with Crippen LogP contribution in [0.4, 0.5) is 0 Å². The number of hydrogen-bond donors (Lipinski definition) is 1. The number of rotatable bonds is 1. The Bertz CT molecular complexity index is 482. The number of aromatic nitrogens is 2. The fraction of sp³-hybridized carbons (Fsp3) is 0.556. The van der Waals surface area contributed by atoms with Gasteiger partial charge in [-0.1, -0.05) is 0 Å². The average molecular weight is 222 g/mol. The second kappa shape index (κ2) is 3.94. The van der Waals surface area contributed by atoms with Crippen LogP contribution in [0.3, 0.4) is 0 Å². The van der Waals surface area contributed by atoms with Crippen LogP contribution in [-0.2, 0) is 4.74 Å². The first kappa shape index (κ1) is 10.6. The highest BCUT2D eigenvalue weighted by Gasteiger charge is 2.23. The number of aryl methyl sites for hydroxylation is 1. The van der Waals surface area contributed by atoms with Gasteiger partial charge in [-0.15, -0.1) is 0 Å². The molecule has 78 valence electrons. The van der Waals surface area contributed by atoms with Gasteiger partial charge in [-0.3, -0.25) is 14.3 Å². The van der Waals surface area contributed by atoms with Crippen LogP contribution in [0.15, 0.2) is 11.0 Å². The van der Waals surface area contributed by atoms with Crippen molar-refractivity contribution in [1.82, 2.24) is 9.55 Å². The third-order valence-corrected chi connectivity index (χ3v) is 2.80. The maximum absolute atomic E-state index is 11.3. The summed E-state index contributed by atoms with van der Waals surface area (Å²) in [6.07, 6.45) is 3.19. The van der Waals surface area contributed by atoms with Crippen LogP contribution in [0, 0.1) is 11.7 Å². The molecule has 0 saturated carbocycles. The summed E-state index contributed by atoms with van der Waals surface area (Å²) in [4.78, 5) is 13.9. The summed E-state index contributed by atoms with van der Waals surface area (Å²) >= 11 is 5.06. The molecule has 1 aliphatic rings. The molecule has 1 aromatic heterocycles. The van der Waals surface area contributed by atoms with Crippen molar-refractivity contribution in [2.75, 3.05) is 0 Å². The Balaban J connectivity index is 2.41. The van der Waals surface area contributed by atoms with E-state index in [2.05, 4.69) is 4.98 Å². The molecule has 1 N–H and O–H groups in total. The Kier molecular flexibility index (Phi) is 2.80. The van der Waals surface area contributed by atoms with Gasteiger partial charge in [-0.25, -0.2) is 0 Å². The van der Waals surface area contributed by atoms with Gasteiger partial charge in [0.2, 0.25) is 0 Å². The second-order valence-corrected chi connectivity index (χ2v) is 4.07. The van der Waals surface area contributed by atoms with Gasteiger partial charge < -0.3 is 4.74 Å². The lowest BCUT2D eigenvalue weighted by Gasteiger charge is -2.15. The largest absolute Gasteiger partial charge is 0.365 e. The summed E-state index contributed by atoms with van der Waals surface area (Å²) in [5, 5.41) is 0. The molecule has 2 radical (unpaired) electrons. The Morgan fingerprint density at radius 1 is 1.67 bits per heavy atom. The maximum atomic E-state index is 11.3. The number of H-pyrrole nitrogens is 1. The molecule has 1 aromatic rings. The SMILES string of the molecule is [B][C@@H]1CCC(n2cc(C)c(=O)[nH]c2=S)O1. The molecule has 15 heavy (non-hydrogen) atoms. The molecule has 0 bridgehead atoms. The highest BCUT2D eigenvalue weighted by Crippen LogP contribution is 2.26. The Morgan fingerprint density at radius 3 is 3.00 bits per heavy atom. The highest BCUT2D eigenvalue weighted by atomic mass is 32.1. The van der Waals surface area contributed by atoms with E-state index >= 15 is 0 Å². The predicted octanol–water partition coefficient (Wildman–Crippen LogP) is 1.02. The molecule has 6 heteroatoms. The molecule has 1 fully saturated rings. The third-order valence-electron chi connectivity index (χ3n) is 2.49. The van der Waals surface area contributed by atoms with E-state index in [1.54, 1.807) is 17.7 Å². The van der Waals surface area contributed by atoms with Gasteiger partial charge in [0.25, 0.3) is 5.56 Å². The lowest BCUT2D eigenvalue weighted by atomic mass is 9.98. The van der Waals surface area contributed by atoms with E-state index < -0.39 is 0 Å². The van der Waals surface area contributed by atoms with Crippen molar-refractivity contribution in [1.29, 1.82) is 0 Å². The van der Waals surface area contributed by atoms with Crippen LogP contribution in [0.1, 0.15) is 24.6 Å². The number of nitrogens with zero attached hydrogens (tertiary/aromatic N) is 1. The van der Waals surface area contributed by atoms with Crippen LogP contribution in [0.25, 0.3) is 0 Å². The first-order chi connectivity index (χ1) is 7.08. The van der Waals surface area contributed by atoms with E-state index in [9.17, 15) is 4.79 Å². The molecule has 1 aliphatic heterocycles. The summed E-state index contributed by atoms with van der Waals surface area (Å²) in [6, 6.07) is -0.232. The van der Waals surface area contributed by atoms with Crippen LogP contribution < -0.4 is 5.56 Å². The van der Waals surface area contributed by atoms with Gasteiger partial charge in [-0.2, -0.15) is 0 Å². The summed E-state index contributed by atoms with van der Waals surface area (Å²) in [6.45, 7) is 1.74. The second-order valence-electron chi connectivity index (χ2n) is 3.69. The lowest BCUT2D eigenvalue weighted by Crippen LogP contribution is -2.19. The van der Waals surface area contributed by atoms with E-state index in [4.69, 9.17) is 24.8 Å². The van der Waals surface area contributed by atoms with Gasteiger partial charge in [0.1, 0.15) is 14.1 Å². The monoisotopic (exact) mass is 222 g/mol. The molecule has 2 rings (SSSR count). The van der Waals surface area contributed by atoms with Gasteiger partial charge in [-0.05, 0) is 32.0 Å². The molecular weight excluding hydrogens is 211 g/mol. The van der Waals surface area contributed by atoms with Crippen molar-refractivity contribution in [2.45, 2.75) is 32.0 Å². The maximum Gasteiger partial charge on any atom is 0.254 e. The van der Waals surface area contributed by atoms with Crippen molar-refractivity contribution in [3.05, 3.63) is 26.9 Å². The zero-order valence-corrected chi connectivity index (χ0v) is 9.21. The smallest absolute Gasteiger partial charge is 0.254 e. The predicted molar refractivity (Wildman–Crippen MR) is 59.5 cm³/mol. The average Bonchev–Trinajstić information content (AvgIpc) is 2.58. The van der Waals surface area contributed by atoms with E-state index in [0.717, 1.165) is 12.8 Å². The standard InChI is InChI=1S/C9H11BN2O2S/c1-5-4-12(9(15)11-8(5)13)7-3-2-6(10)14-7/h4,6-7H,2-3H2,1H3,(H,11,13,15)/t6-,7?/m0/s1. The molecule has 0 aromatic carbocycles. The van der Waals surface area contributed by atoms with E-state index in [0.29, 0.717) is 10.3 Å². The number of hydrogen-bond acceptors (Lipinski definition) is 3. The fourth-order valence-corrected chi connectivity index (χ4v) is 1.91. The van der Waals surface area contributed by atoms with Gasteiger partial charge in [0.15, 0.2) is 4.77 Å². The molecular formula is C9H11BN2O2S. The Hall–Kier alpha value is -0.875. The summed E-state index contributed by atoms with van der Waals surface area (Å²) in [5.41, 5.74) is 0.464. The van der Waals surface area contributed by atoms with Gasteiger partial charge in [0, 0.05) is 17.8 Å². The molecule has 0 amide bonds. The van der Waals surface area contributed by atoms with E-state index in [1.807, 2.05) is 0 Å². The van der Waals surface area contributed by atoms with Crippen LogP contribution in [0.2, 0.25) is 0 Å². The summed E-state index contributed by atoms with van der Waals surface area (Å²) in [5.74, 6) is 0. The van der Waals surface area contributed by atoms with Crippen molar-refractivity contribution in [3.63, 3.8) is 0 Å². The molecule has 0 spiro atoms. The first-order valence-corrected chi connectivity index (χ1v) is 5.22. The molecule has 2 heterocycles. The zero-order valence-electron chi connectivity index (χ0n) is 8.40. The van der Waals surface area contributed by atoms with Crippen LogP contribution in [-0.4, -0.2) is 23.4 Å². The highest BCUT2D eigenvalue weighted by molar-refractivity contribution is 7.71. The third kappa shape index (κ3) is 2.05. The van der Waals surface area contributed by atoms with Crippen molar-refractivity contribution < 1.29 is 4.74 Å². The summed E-state index contributed by atoms with van der Waals surface area (Å²) in [7, 11) is 5.64. The molecule has 4 nitrogen and oxygen atoms in total. The minimum Gasteiger partial charge on any atom is -0.365 e. The van der Waals surface area contributed by atoms with Gasteiger partial charge in [0.05, 0.1) is 0 Å². The van der Waals surface area contributed by atoms with Crippen LogP contribution >= 0.6 is 12.2 Å². The normalized spacial score (nSPS) is 25.7. The quantitative estimate of drug-likeness (QED) is 0.570. The molecule has 1 saturated heterocycles. The van der Waals surface area contributed by atoms with Gasteiger partial charge >= 0.3 is 0 Å². The van der Waals surface area contributed by atoms with Crippen LogP contribution in [0.5, 0.6) is 0 Å². The van der Waals surface area contributed by atoms with Crippen molar-refractivity contribution in [2.24, 2.45) is 0 Å². The minimum atomic E-state index is -0.232. The number of nitrogens with one attached hydrogen (secondary N) is 1. The fourth-order valence-electron chi connectivity index (χ4n) is 1.65. The van der Waals surface area contributed by atoms with Crippen molar-refractivity contribution in [3.8, 4) is 0 Å². The lowest BCUT2D eigenvalue weighted by molar-refractivity contribution is 0.0353. The first-order valence-electron chi connectivity index (χ1n) is 4.81. The number of aromatic amines is 1. The zero-order chi connectivity index (χ0) is 11.0. The Labute approximate surface area is 93.7 Å². The van der Waals surface area contributed by atoms with Crippen molar-refractivity contribution >= 4 is 20.1 Å².